The summed E-state index contributed by atoms with van der Waals surface area (Å²) in [4.78, 5) is 0. The highest BCUT2D eigenvalue weighted by Crippen LogP contribution is 2.24. The lowest BCUT2D eigenvalue weighted by Gasteiger charge is -2.17. The zero-order valence-corrected chi connectivity index (χ0v) is 13.8. The topological polar surface area (TPSA) is 24.1 Å². The smallest absolute Gasteiger partial charge is 0.175 e. The number of anilines is 2. The number of thiocarbonyl (C=S) groups is 1. The average molecular weight is 298 g/mol. The van der Waals surface area contributed by atoms with Crippen molar-refractivity contribution in [3.05, 3.63) is 59.2 Å². The van der Waals surface area contributed by atoms with Crippen molar-refractivity contribution in [1.29, 1.82) is 0 Å². The molecule has 2 aromatic rings. The number of aryl methyl sites for hydroxylation is 1. The third-order valence-electron chi connectivity index (χ3n) is 3.68. The first-order chi connectivity index (χ1) is 9.99. The average Bonchev–Trinajstić information content (AvgIpc) is 2.44. The van der Waals surface area contributed by atoms with E-state index in [0.717, 1.165) is 11.4 Å². The van der Waals surface area contributed by atoms with Crippen LogP contribution in [0.5, 0.6) is 0 Å². The lowest BCUT2D eigenvalue weighted by molar-refractivity contribution is 0.869. The van der Waals surface area contributed by atoms with Gasteiger partial charge in [0.2, 0.25) is 0 Å². The van der Waals surface area contributed by atoms with Crippen LogP contribution in [0.3, 0.4) is 0 Å². The normalized spacial score (nSPS) is 10.5. The predicted octanol–water partition coefficient (Wildman–Crippen LogP) is 5.24. The van der Waals surface area contributed by atoms with Gasteiger partial charge in [-0.3, -0.25) is 0 Å². The molecule has 0 saturated heterocycles. The van der Waals surface area contributed by atoms with Crippen molar-refractivity contribution in [2.45, 2.75) is 33.6 Å². The lowest BCUT2D eigenvalue weighted by atomic mass is 10.0. The van der Waals surface area contributed by atoms with E-state index in [1.54, 1.807) is 0 Å². The molecule has 0 aromatic heterocycles. The van der Waals surface area contributed by atoms with Gasteiger partial charge in [-0.2, -0.15) is 0 Å². The molecule has 0 atom stereocenters. The summed E-state index contributed by atoms with van der Waals surface area (Å²) in [6.07, 6.45) is 0. The second-order valence-electron chi connectivity index (χ2n) is 5.57. The predicted molar refractivity (Wildman–Crippen MR) is 96.3 cm³/mol. The Hall–Kier alpha value is -1.87. The zero-order chi connectivity index (χ0) is 15.4. The standard InChI is InChI=1S/C18H22N2S/c1-12(2)15-9-5-6-10-17(15)20-18(21)19-16-11-7-8-13(3)14(16)4/h5-12H,1-4H3,(H2,19,20,21). The summed E-state index contributed by atoms with van der Waals surface area (Å²) in [6, 6.07) is 14.5. The van der Waals surface area contributed by atoms with Gasteiger partial charge in [0, 0.05) is 11.4 Å². The van der Waals surface area contributed by atoms with Crippen LogP contribution in [0.2, 0.25) is 0 Å². The maximum atomic E-state index is 5.44. The molecule has 0 radical (unpaired) electrons. The van der Waals surface area contributed by atoms with Gasteiger partial charge in [-0.1, -0.05) is 44.2 Å². The summed E-state index contributed by atoms with van der Waals surface area (Å²) >= 11 is 5.44. The van der Waals surface area contributed by atoms with E-state index >= 15 is 0 Å². The molecule has 0 unspecified atom stereocenters. The summed E-state index contributed by atoms with van der Waals surface area (Å²) in [5, 5.41) is 7.22. The van der Waals surface area contributed by atoms with Gasteiger partial charge in [0.15, 0.2) is 5.11 Å². The molecule has 0 fully saturated rings. The molecule has 0 spiro atoms. The number of hydrogen-bond acceptors (Lipinski definition) is 1. The molecule has 0 saturated carbocycles. The number of nitrogens with one attached hydrogen (secondary N) is 2. The van der Waals surface area contributed by atoms with E-state index in [2.05, 4.69) is 62.6 Å². The first kappa shape index (κ1) is 15.5. The molecule has 2 nitrogen and oxygen atoms in total. The quantitative estimate of drug-likeness (QED) is 0.758. The minimum Gasteiger partial charge on any atom is -0.332 e. The molecule has 2 rings (SSSR count). The van der Waals surface area contributed by atoms with Crippen LogP contribution in [0.4, 0.5) is 11.4 Å². The molecular formula is C18H22N2S. The Bertz CT molecular complexity index is 647. The number of benzene rings is 2. The van der Waals surface area contributed by atoms with Crippen LogP contribution >= 0.6 is 12.2 Å². The lowest BCUT2D eigenvalue weighted by Crippen LogP contribution is -2.20. The summed E-state index contributed by atoms with van der Waals surface area (Å²) in [6.45, 7) is 8.57. The SMILES string of the molecule is Cc1cccc(NC(=S)Nc2ccccc2C(C)C)c1C. The second-order valence-corrected chi connectivity index (χ2v) is 5.98. The van der Waals surface area contributed by atoms with Crippen LogP contribution in [0.1, 0.15) is 36.5 Å². The molecular weight excluding hydrogens is 276 g/mol. The van der Waals surface area contributed by atoms with Gasteiger partial charge in [0.05, 0.1) is 0 Å². The Labute approximate surface area is 132 Å². The van der Waals surface area contributed by atoms with Crippen LogP contribution in [0, 0.1) is 13.8 Å². The van der Waals surface area contributed by atoms with Crippen LogP contribution in [-0.2, 0) is 0 Å². The zero-order valence-electron chi connectivity index (χ0n) is 13.0. The minimum absolute atomic E-state index is 0.456. The Kier molecular flexibility index (Phi) is 4.97. The first-order valence-electron chi connectivity index (χ1n) is 7.22. The molecule has 3 heteroatoms. The molecule has 0 aliphatic heterocycles. The molecule has 0 amide bonds. The summed E-state index contributed by atoms with van der Waals surface area (Å²) in [5.41, 5.74) is 5.86. The van der Waals surface area contributed by atoms with E-state index in [1.807, 2.05) is 18.2 Å². The molecule has 0 aliphatic carbocycles. The molecule has 21 heavy (non-hydrogen) atoms. The van der Waals surface area contributed by atoms with E-state index in [9.17, 15) is 0 Å². The Morgan fingerprint density at radius 1 is 0.905 bits per heavy atom. The second kappa shape index (κ2) is 6.72. The summed E-state index contributed by atoms with van der Waals surface area (Å²) in [5.74, 6) is 0.456. The fraction of sp³-hybridized carbons (Fsp3) is 0.278. The molecule has 110 valence electrons. The van der Waals surface area contributed by atoms with E-state index in [1.165, 1.54) is 16.7 Å². The molecule has 0 aliphatic rings. The van der Waals surface area contributed by atoms with E-state index < -0.39 is 0 Å². The maximum absolute atomic E-state index is 5.44. The van der Waals surface area contributed by atoms with Gasteiger partial charge < -0.3 is 10.6 Å². The van der Waals surface area contributed by atoms with Crippen molar-refractivity contribution in [1.82, 2.24) is 0 Å². The summed E-state index contributed by atoms with van der Waals surface area (Å²) < 4.78 is 0. The Morgan fingerprint density at radius 3 is 2.24 bits per heavy atom. The summed E-state index contributed by atoms with van der Waals surface area (Å²) in [7, 11) is 0. The fourth-order valence-electron chi connectivity index (χ4n) is 2.28. The molecule has 0 heterocycles. The van der Waals surface area contributed by atoms with Gasteiger partial charge in [-0.25, -0.2) is 0 Å². The first-order valence-corrected chi connectivity index (χ1v) is 7.63. The van der Waals surface area contributed by atoms with Gasteiger partial charge in [0.25, 0.3) is 0 Å². The van der Waals surface area contributed by atoms with Crippen molar-refractivity contribution < 1.29 is 0 Å². The highest BCUT2D eigenvalue weighted by molar-refractivity contribution is 7.80. The Morgan fingerprint density at radius 2 is 1.52 bits per heavy atom. The van der Waals surface area contributed by atoms with Crippen molar-refractivity contribution >= 4 is 28.7 Å². The van der Waals surface area contributed by atoms with Crippen molar-refractivity contribution in [3.63, 3.8) is 0 Å². The van der Waals surface area contributed by atoms with Gasteiger partial charge >= 0.3 is 0 Å². The molecule has 2 N–H and O–H groups in total. The number of hydrogen-bond donors (Lipinski definition) is 2. The fourth-order valence-corrected chi connectivity index (χ4v) is 2.50. The monoisotopic (exact) mass is 298 g/mol. The maximum Gasteiger partial charge on any atom is 0.175 e. The van der Waals surface area contributed by atoms with Crippen molar-refractivity contribution in [3.8, 4) is 0 Å². The third-order valence-corrected chi connectivity index (χ3v) is 3.89. The highest BCUT2D eigenvalue weighted by atomic mass is 32.1. The third kappa shape index (κ3) is 3.82. The van der Waals surface area contributed by atoms with Crippen LogP contribution < -0.4 is 10.6 Å². The van der Waals surface area contributed by atoms with Crippen molar-refractivity contribution in [2.75, 3.05) is 10.6 Å². The van der Waals surface area contributed by atoms with Crippen LogP contribution in [0.25, 0.3) is 0 Å². The molecule has 0 bridgehead atoms. The van der Waals surface area contributed by atoms with Gasteiger partial charge in [0.1, 0.15) is 0 Å². The van der Waals surface area contributed by atoms with Crippen LogP contribution in [-0.4, -0.2) is 5.11 Å². The van der Waals surface area contributed by atoms with Gasteiger partial charge in [-0.05, 0) is 60.8 Å². The Balaban J connectivity index is 2.14. The molecule has 2 aromatic carbocycles. The number of rotatable bonds is 3. The van der Waals surface area contributed by atoms with Crippen molar-refractivity contribution in [2.24, 2.45) is 0 Å². The largest absolute Gasteiger partial charge is 0.332 e. The minimum atomic E-state index is 0.456. The van der Waals surface area contributed by atoms with Gasteiger partial charge in [-0.15, -0.1) is 0 Å². The van der Waals surface area contributed by atoms with E-state index in [4.69, 9.17) is 12.2 Å². The van der Waals surface area contributed by atoms with E-state index in [-0.39, 0.29) is 0 Å². The van der Waals surface area contributed by atoms with E-state index in [0.29, 0.717) is 11.0 Å². The highest BCUT2D eigenvalue weighted by Gasteiger charge is 2.08. The van der Waals surface area contributed by atoms with Crippen LogP contribution in [0.15, 0.2) is 42.5 Å². The number of para-hydroxylation sites is 1.